The van der Waals surface area contributed by atoms with Crippen molar-refractivity contribution in [3.05, 3.63) is 29.8 Å². The average molecular weight is 277 g/mol. The van der Waals surface area contributed by atoms with Crippen LogP contribution < -0.4 is 10.2 Å². The van der Waals surface area contributed by atoms with Gasteiger partial charge in [-0.25, -0.2) is 0 Å². The predicted molar refractivity (Wildman–Crippen MR) is 89.5 cm³/mol. The van der Waals surface area contributed by atoms with Crippen LogP contribution in [0.1, 0.15) is 33.3 Å². The Morgan fingerprint density at radius 3 is 2.15 bits per heavy atom. The molecule has 0 atom stereocenters. The van der Waals surface area contributed by atoms with E-state index in [1.165, 1.54) is 11.3 Å². The summed E-state index contributed by atoms with van der Waals surface area (Å²) in [6.45, 7) is 14.1. The monoisotopic (exact) mass is 277 g/mol. The van der Waals surface area contributed by atoms with Crippen molar-refractivity contribution >= 4 is 5.69 Å². The lowest BCUT2D eigenvalue weighted by atomic mass is 10.2. The molecule has 3 nitrogen and oxygen atoms in total. The zero-order valence-corrected chi connectivity index (χ0v) is 13.8. The van der Waals surface area contributed by atoms with Gasteiger partial charge in [-0.05, 0) is 52.4 Å². The highest BCUT2D eigenvalue weighted by Crippen LogP contribution is 2.14. The summed E-state index contributed by atoms with van der Waals surface area (Å²) >= 11 is 0. The second-order valence-corrected chi connectivity index (χ2v) is 5.59. The van der Waals surface area contributed by atoms with Crippen molar-refractivity contribution in [2.24, 2.45) is 0 Å². The summed E-state index contributed by atoms with van der Waals surface area (Å²) in [5, 5.41) is 3.51. The number of benzene rings is 1. The molecule has 3 heteroatoms. The molecule has 1 N–H and O–H groups in total. The molecule has 0 aliphatic heterocycles. The molecule has 0 aliphatic carbocycles. The molecule has 0 heterocycles. The van der Waals surface area contributed by atoms with Gasteiger partial charge >= 0.3 is 0 Å². The molecule has 0 amide bonds. The molecule has 0 aliphatic rings. The first-order valence-corrected chi connectivity index (χ1v) is 7.83. The topological polar surface area (TPSA) is 18.5 Å². The van der Waals surface area contributed by atoms with E-state index in [4.69, 9.17) is 0 Å². The van der Waals surface area contributed by atoms with Crippen LogP contribution in [0.5, 0.6) is 0 Å². The fourth-order valence-corrected chi connectivity index (χ4v) is 2.16. The standard InChI is InChI=1S/C17H31N3/c1-6-20(7-2)17-10-8-16(9-11-17)14-18-12-13-19(5)15(3)4/h8-11,15,18H,6-7,12-14H2,1-5H3. The molecule has 0 fully saturated rings. The minimum absolute atomic E-state index is 0.616. The Hall–Kier alpha value is -1.06. The van der Waals surface area contributed by atoms with E-state index in [1.807, 2.05) is 0 Å². The van der Waals surface area contributed by atoms with E-state index in [9.17, 15) is 0 Å². The first kappa shape index (κ1) is 17.0. The number of rotatable bonds is 9. The molecular weight excluding hydrogens is 246 g/mol. The molecule has 0 spiro atoms. The lowest BCUT2D eigenvalue weighted by Crippen LogP contribution is -2.33. The van der Waals surface area contributed by atoms with E-state index < -0.39 is 0 Å². The zero-order chi connectivity index (χ0) is 15.0. The third-order valence-electron chi connectivity index (χ3n) is 3.92. The summed E-state index contributed by atoms with van der Waals surface area (Å²) in [7, 11) is 2.17. The third kappa shape index (κ3) is 5.51. The number of hydrogen-bond acceptors (Lipinski definition) is 3. The van der Waals surface area contributed by atoms with Crippen LogP contribution in [0.25, 0.3) is 0 Å². The molecule has 1 aromatic carbocycles. The van der Waals surface area contributed by atoms with Crippen molar-refractivity contribution in [2.75, 3.05) is 38.1 Å². The van der Waals surface area contributed by atoms with Gasteiger partial charge in [-0.3, -0.25) is 0 Å². The van der Waals surface area contributed by atoms with Crippen LogP contribution in [-0.2, 0) is 6.54 Å². The SMILES string of the molecule is CCN(CC)c1ccc(CNCCN(C)C(C)C)cc1. The molecule has 20 heavy (non-hydrogen) atoms. The Kier molecular flexibility index (Phi) is 7.63. The molecule has 0 radical (unpaired) electrons. The molecule has 1 rings (SSSR count). The van der Waals surface area contributed by atoms with Crippen LogP contribution in [-0.4, -0.2) is 44.2 Å². The van der Waals surface area contributed by atoms with Gasteiger partial charge in [0.05, 0.1) is 0 Å². The first-order valence-electron chi connectivity index (χ1n) is 7.83. The maximum Gasteiger partial charge on any atom is 0.0366 e. The van der Waals surface area contributed by atoms with Gasteiger partial charge in [-0.1, -0.05) is 12.1 Å². The summed E-state index contributed by atoms with van der Waals surface area (Å²) in [6.07, 6.45) is 0. The average Bonchev–Trinajstić information content (AvgIpc) is 2.46. The van der Waals surface area contributed by atoms with Crippen molar-refractivity contribution in [3.63, 3.8) is 0 Å². The normalized spacial score (nSPS) is 11.3. The molecule has 0 aromatic heterocycles. The van der Waals surface area contributed by atoms with Crippen molar-refractivity contribution in [1.29, 1.82) is 0 Å². The van der Waals surface area contributed by atoms with E-state index in [0.717, 1.165) is 32.7 Å². The third-order valence-corrected chi connectivity index (χ3v) is 3.92. The first-order chi connectivity index (χ1) is 9.58. The molecule has 0 bridgehead atoms. The van der Waals surface area contributed by atoms with Crippen LogP contribution >= 0.6 is 0 Å². The molecular formula is C17H31N3. The van der Waals surface area contributed by atoms with E-state index in [1.54, 1.807) is 0 Å². The quantitative estimate of drug-likeness (QED) is 0.700. The lowest BCUT2D eigenvalue weighted by Gasteiger charge is -2.22. The van der Waals surface area contributed by atoms with Gasteiger partial charge in [0, 0.05) is 44.5 Å². The van der Waals surface area contributed by atoms with Crippen molar-refractivity contribution in [2.45, 2.75) is 40.3 Å². The summed E-state index contributed by atoms with van der Waals surface area (Å²) in [5.41, 5.74) is 2.67. The highest BCUT2D eigenvalue weighted by molar-refractivity contribution is 5.47. The summed E-state index contributed by atoms with van der Waals surface area (Å²) in [5.74, 6) is 0. The Balaban J connectivity index is 2.35. The van der Waals surface area contributed by atoms with E-state index >= 15 is 0 Å². The van der Waals surface area contributed by atoms with Gasteiger partial charge in [0.15, 0.2) is 0 Å². The van der Waals surface area contributed by atoms with E-state index in [2.05, 4.69) is 74.1 Å². The largest absolute Gasteiger partial charge is 0.372 e. The van der Waals surface area contributed by atoms with Gasteiger partial charge in [0.1, 0.15) is 0 Å². The number of hydrogen-bond donors (Lipinski definition) is 1. The number of anilines is 1. The second kappa shape index (κ2) is 8.98. The summed E-state index contributed by atoms with van der Waals surface area (Å²) in [4.78, 5) is 4.73. The van der Waals surface area contributed by atoms with Crippen LogP contribution in [0.15, 0.2) is 24.3 Å². The highest BCUT2D eigenvalue weighted by Gasteiger charge is 2.03. The number of likely N-dealkylation sites (N-methyl/N-ethyl adjacent to an activating group) is 1. The van der Waals surface area contributed by atoms with Crippen LogP contribution in [0.4, 0.5) is 5.69 Å². The fourth-order valence-electron chi connectivity index (χ4n) is 2.16. The van der Waals surface area contributed by atoms with Crippen LogP contribution in [0, 0.1) is 0 Å². The molecule has 0 unspecified atom stereocenters. The highest BCUT2D eigenvalue weighted by atomic mass is 15.1. The van der Waals surface area contributed by atoms with Gasteiger partial charge in [0.25, 0.3) is 0 Å². The molecule has 114 valence electrons. The van der Waals surface area contributed by atoms with Gasteiger partial charge in [0.2, 0.25) is 0 Å². The Morgan fingerprint density at radius 2 is 1.65 bits per heavy atom. The van der Waals surface area contributed by atoms with Gasteiger partial charge in [-0.15, -0.1) is 0 Å². The Morgan fingerprint density at radius 1 is 1.05 bits per heavy atom. The molecule has 1 aromatic rings. The van der Waals surface area contributed by atoms with Crippen LogP contribution in [0.3, 0.4) is 0 Å². The predicted octanol–water partition coefficient (Wildman–Crippen LogP) is 2.96. The second-order valence-electron chi connectivity index (χ2n) is 5.59. The van der Waals surface area contributed by atoms with Crippen molar-refractivity contribution < 1.29 is 0 Å². The Bertz CT molecular complexity index is 355. The Labute approximate surface area is 125 Å². The maximum atomic E-state index is 3.51. The van der Waals surface area contributed by atoms with Crippen LogP contribution in [0.2, 0.25) is 0 Å². The number of nitrogens with one attached hydrogen (secondary N) is 1. The van der Waals surface area contributed by atoms with Gasteiger partial charge in [-0.2, -0.15) is 0 Å². The lowest BCUT2D eigenvalue weighted by molar-refractivity contribution is 0.273. The van der Waals surface area contributed by atoms with E-state index in [0.29, 0.717) is 6.04 Å². The zero-order valence-electron chi connectivity index (χ0n) is 13.8. The fraction of sp³-hybridized carbons (Fsp3) is 0.647. The van der Waals surface area contributed by atoms with E-state index in [-0.39, 0.29) is 0 Å². The maximum absolute atomic E-state index is 3.51. The molecule has 0 saturated heterocycles. The molecule has 0 saturated carbocycles. The summed E-state index contributed by atoms with van der Waals surface area (Å²) < 4.78 is 0. The summed E-state index contributed by atoms with van der Waals surface area (Å²) in [6, 6.07) is 9.53. The minimum Gasteiger partial charge on any atom is -0.372 e. The minimum atomic E-state index is 0.616. The smallest absolute Gasteiger partial charge is 0.0366 e. The van der Waals surface area contributed by atoms with Gasteiger partial charge < -0.3 is 15.1 Å². The number of nitrogens with zero attached hydrogens (tertiary/aromatic N) is 2. The van der Waals surface area contributed by atoms with Crippen molar-refractivity contribution in [3.8, 4) is 0 Å². The van der Waals surface area contributed by atoms with Crippen molar-refractivity contribution in [1.82, 2.24) is 10.2 Å².